The first-order valence-electron chi connectivity index (χ1n) is 12.1. The summed E-state index contributed by atoms with van der Waals surface area (Å²) in [6.45, 7) is 9.47. The third-order valence-electron chi connectivity index (χ3n) is 6.00. The minimum Gasteiger partial charge on any atom is -0.354 e. The highest BCUT2D eigenvalue weighted by Crippen LogP contribution is 2.26. The number of halogens is 1. The Hall–Kier alpha value is -2.94. The molecule has 0 aliphatic rings. The number of hydrogen-bond acceptors (Lipinski definition) is 4. The van der Waals surface area contributed by atoms with Crippen LogP contribution in [0, 0.1) is 5.82 Å². The highest BCUT2D eigenvalue weighted by molar-refractivity contribution is 7.92. The molecule has 0 spiro atoms. The summed E-state index contributed by atoms with van der Waals surface area (Å²) in [5.74, 6) is -1.50. The maximum atomic E-state index is 14.4. The Bertz CT molecular complexity index is 1140. The van der Waals surface area contributed by atoms with Crippen LogP contribution in [0.5, 0.6) is 0 Å². The Morgan fingerprint density at radius 2 is 1.67 bits per heavy atom. The van der Waals surface area contributed by atoms with E-state index < -0.39 is 34.3 Å². The van der Waals surface area contributed by atoms with Crippen molar-refractivity contribution in [1.29, 1.82) is 0 Å². The second kappa shape index (κ2) is 12.3. The van der Waals surface area contributed by atoms with E-state index in [4.69, 9.17) is 0 Å². The summed E-state index contributed by atoms with van der Waals surface area (Å²) in [6, 6.07) is 12.1. The monoisotopic (exact) mass is 519 g/mol. The van der Waals surface area contributed by atoms with Crippen molar-refractivity contribution in [2.75, 3.05) is 23.7 Å². The molecule has 0 aliphatic heterocycles. The van der Waals surface area contributed by atoms with Gasteiger partial charge < -0.3 is 10.2 Å². The van der Waals surface area contributed by atoms with Gasteiger partial charge in [0.15, 0.2) is 0 Å². The first-order chi connectivity index (χ1) is 16.8. The Kier molecular flexibility index (Phi) is 10.0. The summed E-state index contributed by atoms with van der Waals surface area (Å²) in [5, 5.41) is 2.80. The fraction of sp³-hybridized carbons (Fsp3) is 0.481. The number of nitrogens with one attached hydrogen (secondary N) is 1. The van der Waals surface area contributed by atoms with Gasteiger partial charge in [-0.3, -0.25) is 13.9 Å². The number of hydrogen-bond donors (Lipinski definition) is 1. The van der Waals surface area contributed by atoms with E-state index in [1.807, 2.05) is 39.8 Å². The second-order valence-corrected chi connectivity index (χ2v) is 11.9. The van der Waals surface area contributed by atoms with Crippen molar-refractivity contribution in [1.82, 2.24) is 10.2 Å². The third kappa shape index (κ3) is 8.05. The smallest absolute Gasteiger partial charge is 0.244 e. The third-order valence-corrected chi connectivity index (χ3v) is 7.14. The Labute approximate surface area is 214 Å². The lowest BCUT2D eigenvalue weighted by molar-refractivity contribution is -0.139. The normalized spacial score (nSPS) is 12.6. The van der Waals surface area contributed by atoms with E-state index in [-0.39, 0.29) is 23.4 Å². The number of sulfonamides is 1. The molecule has 36 heavy (non-hydrogen) atoms. The zero-order valence-corrected chi connectivity index (χ0v) is 22.9. The predicted molar refractivity (Wildman–Crippen MR) is 142 cm³/mol. The van der Waals surface area contributed by atoms with Gasteiger partial charge in [0.1, 0.15) is 18.4 Å². The molecule has 0 fully saturated rings. The highest BCUT2D eigenvalue weighted by atomic mass is 32.2. The number of carbonyl (C=O) groups excluding carboxylic acids is 2. The number of carbonyl (C=O) groups is 2. The van der Waals surface area contributed by atoms with E-state index in [9.17, 15) is 22.4 Å². The van der Waals surface area contributed by atoms with E-state index in [0.29, 0.717) is 12.2 Å². The number of anilines is 1. The summed E-state index contributed by atoms with van der Waals surface area (Å²) in [6.07, 6.45) is 2.70. The fourth-order valence-corrected chi connectivity index (χ4v) is 4.52. The first kappa shape index (κ1) is 29.3. The highest BCUT2D eigenvalue weighted by Gasteiger charge is 2.30. The molecule has 0 aliphatic carbocycles. The SMILES string of the molecule is CCCCNC(=O)C(C)N(Cc1ccccc1F)C(=O)CN(c1ccc(C(C)(C)C)cc1)S(C)(=O)=O. The molecule has 2 aromatic rings. The van der Waals surface area contributed by atoms with Crippen LogP contribution in [0.1, 0.15) is 58.6 Å². The van der Waals surface area contributed by atoms with Crippen molar-refractivity contribution in [2.24, 2.45) is 0 Å². The largest absolute Gasteiger partial charge is 0.354 e. The molecule has 0 heterocycles. The fourth-order valence-electron chi connectivity index (χ4n) is 3.67. The summed E-state index contributed by atoms with van der Waals surface area (Å²) < 4.78 is 40.8. The maximum Gasteiger partial charge on any atom is 0.244 e. The Balaban J connectivity index is 2.38. The molecular formula is C27H38FN3O4S. The van der Waals surface area contributed by atoms with E-state index >= 15 is 0 Å². The molecule has 198 valence electrons. The summed E-state index contributed by atoms with van der Waals surface area (Å²) in [4.78, 5) is 27.5. The molecule has 0 saturated carbocycles. The number of amides is 2. The molecule has 0 radical (unpaired) electrons. The number of benzene rings is 2. The zero-order chi connectivity index (χ0) is 27.1. The van der Waals surface area contributed by atoms with Crippen molar-refractivity contribution in [3.05, 3.63) is 65.5 Å². The van der Waals surface area contributed by atoms with Crippen LogP contribution in [-0.2, 0) is 31.6 Å². The van der Waals surface area contributed by atoms with Gasteiger partial charge in [0.25, 0.3) is 0 Å². The summed E-state index contributed by atoms with van der Waals surface area (Å²) >= 11 is 0. The molecule has 0 bridgehead atoms. The summed E-state index contributed by atoms with van der Waals surface area (Å²) in [7, 11) is -3.83. The molecule has 2 amide bonds. The van der Waals surface area contributed by atoms with Gasteiger partial charge in [-0.05, 0) is 42.5 Å². The van der Waals surface area contributed by atoms with E-state index in [1.54, 1.807) is 31.2 Å². The van der Waals surface area contributed by atoms with E-state index in [0.717, 1.165) is 29.0 Å². The van der Waals surface area contributed by atoms with Gasteiger partial charge in [0.2, 0.25) is 21.8 Å². The van der Waals surface area contributed by atoms with Gasteiger partial charge in [0, 0.05) is 18.7 Å². The molecule has 2 rings (SSSR count). The molecule has 9 heteroatoms. The second-order valence-electron chi connectivity index (χ2n) is 10.0. The van der Waals surface area contributed by atoms with Gasteiger partial charge in [0.05, 0.1) is 11.9 Å². The topological polar surface area (TPSA) is 86.8 Å². The summed E-state index contributed by atoms with van der Waals surface area (Å²) in [5.41, 5.74) is 1.47. The standard InChI is InChI=1S/C27H38FN3O4S/c1-7-8-17-29-26(33)20(2)30(18-21-11-9-10-12-24(21)28)25(32)19-31(36(6,34)35)23-15-13-22(14-16-23)27(3,4)5/h9-16,20H,7-8,17-19H2,1-6H3,(H,29,33). The molecule has 2 aromatic carbocycles. The molecule has 1 N–H and O–H groups in total. The minimum absolute atomic E-state index is 0.124. The average molecular weight is 520 g/mol. The predicted octanol–water partition coefficient (Wildman–Crippen LogP) is 4.22. The van der Waals surface area contributed by atoms with Crippen LogP contribution in [0.15, 0.2) is 48.5 Å². The van der Waals surface area contributed by atoms with Gasteiger partial charge in [-0.1, -0.05) is 64.4 Å². The van der Waals surface area contributed by atoms with Crippen molar-refractivity contribution >= 4 is 27.5 Å². The van der Waals surface area contributed by atoms with Crippen LogP contribution < -0.4 is 9.62 Å². The number of rotatable bonds is 11. The zero-order valence-electron chi connectivity index (χ0n) is 22.0. The Morgan fingerprint density at radius 1 is 1.06 bits per heavy atom. The molecule has 0 saturated heterocycles. The molecule has 1 unspecified atom stereocenters. The number of nitrogens with zero attached hydrogens (tertiary/aromatic N) is 2. The lowest BCUT2D eigenvalue weighted by Gasteiger charge is -2.31. The average Bonchev–Trinajstić information content (AvgIpc) is 2.80. The molecule has 0 aromatic heterocycles. The first-order valence-corrected chi connectivity index (χ1v) is 14.0. The molecule has 7 nitrogen and oxygen atoms in total. The quantitative estimate of drug-likeness (QED) is 0.451. The van der Waals surface area contributed by atoms with Crippen LogP contribution >= 0.6 is 0 Å². The minimum atomic E-state index is -3.83. The van der Waals surface area contributed by atoms with Crippen molar-refractivity contribution in [2.45, 2.75) is 65.5 Å². The lowest BCUT2D eigenvalue weighted by Crippen LogP contribution is -2.51. The van der Waals surface area contributed by atoms with Gasteiger partial charge in [-0.25, -0.2) is 12.8 Å². The van der Waals surface area contributed by atoms with Crippen LogP contribution in [0.2, 0.25) is 0 Å². The van der Waals surface area contributed by atoms with Crippen LogP contribution in [0.3, 0.4) is 0 Å². The van der Waals surface area contributed by atoms with Crippen LogP contribution in [-0.4, -0.2) is 50.5 Å². The lowest BCUT2D eigenvalue weighted by atomic mass is 9.87. The van der Waals surface area contributed by atoms with Crippen molar-refractivity contribution < 1.29 is 22.4 Å². The van der Waals surface area contributed by atoms with Gasteiger partial charge in [-0.15, -0.1) is 0 Å². The van der Waals surface area contributed by atoms with Crippen LogP contribution in [0.25, 0.3) is 0 Å². The molecule has 1 atom stereocenters. The Morgan fingerprint density at radius 3 is 2.19 bits per heavy atom. The van der Waals surface area contributed by atoms with Crippen molar-refractivity contribution in [3.63, 3.8) is 0 Å². The van der Waals surface area contributed by atoms with E-state index in [2.05, 4.69) is 5.32 Å². The maximum absolute atomic E-state index is 14.4. The van der Waals surface area contributed by atoms with Gasteiger partial charge >= 0.3 is 0 Å². The molecular weight excluding hydrogens is 481 g/mol. The van der Waals surface area contributed by atoms with Crippen molar-refractivity contribution in [3.8, 4) is 0 Å². The van der Waals surface area contributed by atoms with Gasteiger partial charge in [-0.2, -0.15) is 0 Å². The van der Waals surface area contributed by atoms with E-state index in [1.165, 1.54) is 17.0 Å². The number of unbranched alkanes of at least 4 members (excludes halogenated alkanes) is 1. The van der Waals surface area contributed by atoms with Crippen LogP contribution in [0.4, 0.5) is 10.1 Å².